The fourth-order valence-corrected chi connectivity index (χ4v) is 3.03. The van der Waals surface area contributed by atoms with Gasteiger partial charge in [0.05, 0.1) is 26.2 Å². The van der Waals surface area contributed by atoms with Gasteiger partial charge in [-0.3, -0.25) is 0 Å². The Hall–Kier alpha value is -1.51. The number of hydrogen-bond acceptors (Lipinski definition) is 1. The predicted octanol–water partition coefficient (Wildman–Crippen LogP) is 2.55. The highest BCUT2D eigenvalue weighted by atomic mass is 35.5. The Balaban J connectivity index is 1.55. The van der Waals surface area contributed by atoms with E-state index in [0.717, 1.165) is 24.7 Å². The molecule has 0 unspecified atom stereocenters. The third-order valence-corrected chi connectivity index (χ3v) is 4.49. The van der Waals surface area contributed by atoms with Crippen LogP contribution in [0.1, 0.15) is 11.1 Å². The summed E-state index contributed by atoms with van der Waals surface area (Å²) in [5, 5.41) is 0.808. The van der Waals surface area contributed by atoms with E-state index >= 15 is 0 Å². The average molecular weight is 302 g/mol. The number of piperazine rings is 1. The van der Waals surface area contributed by atoms with E-state index in [9.17, 15) is 0 Å². The number of nitrogens with zero attached hydrogens (tertiary/aromatic N) is 1. The fourth-order valence-electron chi connectivity index (χ4n) is 2.90. The van der Waals surface area contributed by atoms with Crippen molar-refractivity contribution in [3.63, 3.8) is 0 Å². The molecular weight excluding hydrogens is 280 g/mol. The minimum Gasteiger partial charge on any atom is -0.360 e. The van der Waals surface area contributed by atoms with Gasteiger partial charge >= 0.3 is 0 Å². The number of anilines is 1. The molecular formula is C18H22ClN2+. The monoisotopic (exact) mass is 301 g/mol. The first-order valence-electron chi connectivity index (χ1n) is 7.60. The quantitative estimate of drug-likeness (QED) is 0.915. The largest absolute Gasteiger partial charge is 0.360 e. The van der Waals surface area contributed by atoms with Crippen LogP contribution in [0.15, 0.2) is 48.5 Å². The van der Waals surface area contributed by atoms with Crippen LogP contribution in [0.25, 0.3) is 0 Å². The van der Waals surface area contributed by atoms with Crippen LogP contribution in [0.5, 0.6) is 0 Å². The van der Waals surface area contributed by atoms with E-state index < -0.39 is 0 Å². The third-order valence-electron chi connectivity index (χ3n) is 4.24. The molecule has 1 aliphatic heterocycles. The van der Waals surface area contributed by atoms with E-state index in [1.54, 1.807) is 4.90 Å². The number of benzene rings is 2. The van der Waals surface area contributed by atoms with E-state index in [1.807, 2.05) is 12.1 Å². The molecule has 1 aliphatic rings. The zero-order chi connectivity index (χ0) is 14.7. The lowest BCUT2D eigenvalue weighted by molar-refractivity contribution is -0.914. The Morgan fingerprint density at radius 3 is 2.19 bits per heavy atom. The maximum absolute atomic E-state index is 5.95. The van der Waals surface area contributed by atoms with Crippen molar-refractivity contribution < 1.29 is 4.90 Å². The molecule has 0 aromatic heterocycles. The molecule has 21 heavy (non-hydrogen) atoms. The summed E-state index contributed by atoms with van der Waals surface area (Å²) in [6.45, 7) is 7.88. The van der Waals surface area contributed by atoms with Crippen molar-refractivity contribution in [2.75, 3.05) is 31.1 Å². The molecule has 1 fully saturated rings. The highest BCUT2D eigenvalue weighted by Gasteiger charge is 2.20. The van der Waals surface area contributed by atoms with E-state index in [1.165, 1.54) is 29.9 Å². The van der Waals surface area contributed by atoms with Gasteiger partial charge in [-0.05, 0) is 31.2 Å². The van der Waals surface area contributed by atoms with Crippen LogP contribution in [0.3, 0.4) is 0 Å². The van der Waals surface area contributed by atoms with Crippen LogP contribution < -0.4 is 9.80 Å². The van der Waals surface area contributed by atoms with Gasteiger partial charge < -0.3 is 9.80 Å². The normalized spacial score (nSPS) is 16.2. The van der Waals surface area contributed by atoms with Crippen LogP contribution >= 0.6 is 11.6 Å². The van der Waals surface area contributed by atoms with Crippen molar-refractivity contribution in [1.82, 2.24) is 0 Å². The topological polar surface area (TPSA) is 7.68 Å². The Morgan fingerprint density at radius 1 is 0.952 bits per heavy atom. The van der Waals surface area contributed by atoms with Gasteiger partial charge in [0.1, 0.15) is 6.54 Å². The predicted molar refractivity (Wildman–Crippen MR) is 89.2 cm³/mol. The van der Waals surface area contributed by atoms with Gasteiger partial charge in [-0.25, -0.2) is 0 Å². The lowest BCUT2D eigenvalue weighted by Gasteiger charge is -2.33. The SMILES string of the molecule is Cc1ccc(C[NH+]2CCN(c3ccc(Cl)cc3)CC2)cc1. The van der Waals surface area contributed by atoms with Gasteiger partial charge in [0, 0.05) is 16.3 Å². The van der Waals surface area contributed by atoms with E-state index in [0.29, 0.717) is 0 Å². The van der Waals surface area contributed by atoms with Crippen molar-refractivity contribution in [2.24, 2.45) is 0 Å². The Labute approximate surface area is 131 Å². The van der Waals surface area contributed by atoms with E-state index in [2.05, 4.69) is 48.2 Å². The molecule has 0 spiro atoms. The molecule has 3 heteroatoms. The highest BCUT2D eigenvalue weighted by molar-refractivity contribution is 6.30. The maximum atomic E-state index is 5.95. The Kier molecular flexibility index (Phi) is 4.47. The molecule has 0 atom stereocenters. The lowest BCUT2D eigenvalue weighted by atomic mass is 10.1. The molecule has 1 N–H and O–H groups in total. The second-order valence-corrected chi connectivity index (χ2v) is 6.31. The summed E-state index contributed by atoms with van der Waals surface area (Å²) in [7, 11) is 0. The van der Waals surface area contributed by atoms with Gasteiger partial charge in [0.25, 0.3) is 0 Å². The molecule has 0 saturated carbocycles. The fraction of sp³-hybridized carbons (Fsp3) is 0.333. The van der Waals surface area contributed by atoms with Crippen molar-refractivity contribution in [1.29, 1.82) is 0 Å². The number of hydrogen-bond donors (Lipinski definition) is 1. The molecule has 0 aliphatic carbocycles. The van der Waals surface area contributed by atoms with Crippen LogP contribution in [0.4, 0.5) is 5.69 Å². The van der Waals surface area contributed by atoms with Gasteiger partial charge in [-0.15, -0.1) is 0 Å². The zero-order valence-corrected chi connectivity index (χ0v) is 13.2. The minimum absolute atomic E-state index is 0.808. The first-order chi connectivity index (χ1) is 10.2. The molecule has 1 saturated heterocycles. The Bertz CT molecular complexity index is 569. The van der Waals surface area contributed by atoms with Crippen molar-refractivity contribution in [2.45, 2.75) is 13.5 Å². The molecule has 0 bridgehead atoms. The van der Waals surface area contributed by atoms with Crippen molar-refractivity contribution in [3.05, 3.63) is 64.7 Å². The first-order valence-corrected chi connectivity index (χ1v) is 7.98. The minimum atomic E-state index is 0.808. The number of quaternary nitrogens is 1. The second-order valence-electron chi connectivity index (χ2n) is 5.88. The number of aryl methyl sites for hydroxylation is 1. The van der Waals surface area contributed by atoms with Gasteiger partial charge in [-0.1, -0.05) is 41.4 Å². The van der Waals surface area contributed by atoms with E-state index in [4.69, 9.17) is 11.6 Å². The molecule has 2 aromatic rings. The molecule has 110 valence electrons. The van der Waals surface area contributed by atoms with Gasteiger partial charge in [0.2, 0.25) is 0 Å². The molecule has 1 heterocycles. The Morgan fingerprint density at radius 2 is 1.57 bits per heavy atom. The van der Waals surface area contributed by atoms with Crippen LogP contribution in [-0.2, 0) is 6.54 Å². The first kappa shape index (κ1) is 14.4. The standard InChI is InChI=1S/C18H21ClN2/c1-15-2-4-16(5-3-15)14-20-10-12-21(13-11-20)18-8-6-17(19)7-9-18/h2-9H,10-14H2,1H3/p+1. The maximum Gasteiger partial charge on any atom is 0.103 e. The number of nitrogens with one attached hydrogen (secondary N) is 1. The average Bonchev–Trinajstić information content (AvgIpc) is 2.51. The van der Waals surface area contributed by atoms with Crippen LogP contribution in [-0.4, -0.2) is 26.2 Å². The summed E-state index contributed by atoms with van der Waals surface area (Å²) >= 11 is 5.95. The highest BCUT2D eigenvalue weighted by Crippen LogP contribution is 2.17. The van der Waals surface area contributed by atoms with Crippen molar-refractivity contribution in [3.8, 4) is 0 Å². The van der Waals surface area contributed by atoms with Crippen LogP contribution in [0.2, 0.25) is 5.02 Å². The summed E-state index contributed by atoms with van der Waals surface area (Å²) < 4.78 is 0. The smallest absolute Gasteiger partial charge is 0.103 e. The summed E-state index contributed by atoms with van der Waals surface area (Å²) in [5.41, 5.74) is 4.06. The number of halogens is 1. The molecule has 3 rings (SSSR count). The summed E-state index contributed by atoms with van der Waals surface area (Å²) in [6.07, 6.45) is 0. The summed E-state index contributed by atoms with van der Waals surface area (Å²) in [5.74, 6) is 0. The lowest BCUT2D eigenvalue weighted by Crippen LogP contribution is -3.13. The molecule has 0 amide bonds. The van der Waals surface area contributed by atoms with E-state index in [-0.39, 0.29) is 0 Å². The molecule has 2 nitrogen and oxygen atoms in total. The zero-order valence-electron chi connectivity index (χ0n) is 12.5. The summed E-state index contributed by atoms with van der Waals surface area (Å²) in [4.78, 5) is 4.12. The van der Waals surface area contributed by atoms with Crippen LogP contribution in [0, 0.1) is 6.92 Å². The second kappa shape index (κ2) is 6.50. The number of rotatable bonds is 3. The van der Waals surface area contributed by atoms with Gasteiger partial charge in [0.15, 0.2) is 0 Å². The third kappa shape index (κ3) is 3.78. The van der Waals surface area contributed by atoms with Crippen molar-refractivity contribution >= 4 is 17.3 Å². The summed E-state index contributed by atoms with van der Waals surface area (Å²) in [6, 6.07) is 17.1. The van der Waals surface area contributed by atoms with Gasteiger partial charge in [-0.2, -0.15) is 0 Å². The molecule has 2 aromatic carbocycles. The molecule has 0 radical (unpaired) electrons.